The highest BCUT2D eigenvalue weighted by Gasteiger charge is 2.36. The van der Waals surface area contributed by atoms with Crippen LogP contribution in [0, 0.1) is 5.92 Å². The second kappa shape index (κ2) is 5.61. The summed E-state index contributed by atoms with van der Waals surface area (Å²) in [6.45, 7) is 2.10. The zero-order chi connectivity index (χ0) is 10.6. The maximum Gasteiger partial charge on any atom is 0.320 e. The fourth-order valence-electron chi connectivity index (χ4n) is 1.58. The van der Waals surface area contributed by atoms with Gasteiger partial charge in [0.2, 0.25) is 0 Å². The number of hydrogen-bond acceptors (Lipinski definition) is 3. The van der Waals surface area contributed by atoms with Gasteiger partial charge in [-0.3, -0.25) is 4.79 Å². The number of rotatable bonds is 7. The average Bonchev–Trinajstić information content (AvgIpc) is 2.94. The van der Waals surface area contributed by atoms with Crippen molar-refractivity contribution >= 4 is 17.7 Å². The molecule has 0 saturated heterocycles. The van der Waals surface area contributed by atoms with Crippen molar-refractivity contribution in [1.29, 1.82) is 0 Å². The molecule has 0 aliphatic heterocycles. The first kappa shape index (κ1) is 11.9. The molecule has 3 nitrogen and oxygen atoms in total. The second-order valence-electron chi connectivity index (χ2n) is 3.88. The highest BCUT2D eigenvalue weighted by atomic mass is 32.2. The van der Waals surface area contributed by atoms with E-state index in [4.69, 9.17) is 5.11 Å². The molecular weight excluding hydrogens is 198 g/mol. The lowest BCUT2D eigenvalue weighted by atomic mass is 10.1. The average molecular weight is 217 g/mol. The van der Waals surface area contributed by atoms with Gasteiger partial charge in [-0.25, -0.2) is 0 Å². The monoisotopic (exact) mass is 217 g/mol. The summed E-state index contributed by atoms with van der Waals surface area (Å²) in [7, 11) is 0. The normalized spacial score (nSPS) is 20.4. The largest absolute Gasteiger partial charge is 0.480 e. The fourth-order valence-corrected chi connectivity index (χ4v) is 2.31. The van der Waals surface area contributed by atoms with E-state index >= 15 is 0 Å². The summed E-state index contributed by atoms with van der Waals surface area (Å²) in [5, 5.41) is 12.3. The van der Waals surface area contributed by atoms with Gasteiger partial charge in [-0.2, -0.15) is 11.8 Å². The Bertz CT molecular complexity index is 195. The van der Waals surface area contributed by atoms with Crippen LogP contribution in [-0.2, 0) is 4.79 Å². The zero-order valence-electron chi connectivity index (χ0n) is 8.82. The number of carboxylic acid groups (broad SMARTS) is 1. The van der Waals surface area contributed by atoms with Crippen LogP contribution in [0.1, 0.15) is 26.2 Å². The summed E-state index contributed by atoms with van der Waals surface area (Å²) in [6.07, 6.45) is 5.19. The van der Waals surface area contributed by atoms with Crippen LogP contribution in [0.4, 0.5) is 0 Å². The van der Waals surface area contributed by atoms with E-state index in [0.29, 0.717) is 12.0 Å². The van der Waals surface area contributed by atoms with Crippen molar-refractivity contribution in [2.75, 3.05) is 12.0 Å². The van der Waals surface area contributed by atoms with Crippen LogP contribution in [0.25, 0.3) is 0 Å². The third-order valence-electron chi connectivity index (χ3n) is 2.64. The Morgan fingerprint density at radius 1 is 1.64 bits per heavy atom. The highest BCUT2D eigenvalue weighted by molar-refractivity contribution is 7.98. The molecule has 1 fully saturated rings. The van der Waals surface area contributed by atoms with Crippen LogP contribution in [0.2, 0.25) is 0 Å². The minimum absolute atomic E-state index is 0.313. The van der Waals surface area contributed by atoms with Crippen LogP contribution in [0.5, 0.6) is 0 Å². The quantitative estimate of drug-likeness (QED) is 0.680. The van der Waals surface area contributed by atoms with Crippen molar-refractivity contribution in [1.82, 2.24) is 5.32 Å². The predicted molar refractivity (Wildman–Crippen MR) is 59.7 cm³/mol. The van der Waals surface area contributed by atoms with Crippen molar-refractivity contribution in [3.05, 3.63) is 0 Å². The van der Waals surface area contributed by atoms with Gasteiger partial charge in [0, 0.05) is 11.8 Å². The number of thioether (sulfide) groups is 1. The van der Waals surface area contributed by atoms with Crippen LogP contribution >= 0.6 is 11.8 Å². The Hall–Kier alpha value is -0.220. The Morgan fingerprint density at radius 2 is 2.29 bits per heavy atom. The molecule has 0 bridgehead atoms. The molecule has 82 valence electrons. The summed E-state index contributed by atoms with van der Waals surface area (Å²) in [6, 6.07) is 0.0267. The van der Waals surface area contributed by atoms with Gasteiger partial charge in [0.25, 0.3) is 0 Å². The smallest absolute Gasteiger partial charge is 0.320 e. The molecule has 2 unspecified atom stereocenters. The van der Waals surface area contributed by atoms with Gasteiger partial charge >= 0.3 is 5.97 Å². The molecule has 1 saturated carbocycles. The molecule has 4 heteroatoms. The summed E-state index contributed by atoms with van der Waals surface area (Å²) >= 11 is 1.76. The Balaban J connectivity index is 2.39. The molecule has 2 atom stereocenters. The first-order chi connectivity index (χ1) is 6.69. The van der Waals surface area contributed by atoms with Crippen molar-refractivity contribution < 1.29 is 9.90 Å². The van der Waals surface area contributed by atoms with Crippen molar-refractivity contribution in [3.63, 3.8) is 0 Å². The Labute approximate surface area is 89.6 Å². The van der Waals surface area contributed by atoms with E-state index in [1.54, 1.807) is 11.8 Å². The van der Waals surface area contributed by atoms with Gasteiger partial charge in [-0.15, -0.1) is 0 Å². The minimum atomic E-state index is -0.688. The lowest BCUT2D eigenvalue weighted by Crippen LogP contribution is -2.45. The maximum absolute atomic E-state index is 11.0. The standard InChI is InChI=1S/C10H19NO2S/c1-3-8(6-14-2)11-9(10(12)13)7-4-5-7/h7-9,11H,3-6H2,1-2H3,(H,12,13). The molecule has 0 spiro atoms. The Morgan fingerprint density at radius 3 is 2.64 bits per heavy atom. The van der Waals surface area contributed by atoms with Gasteiger partial charge in [-0.05, 0) is 31.4 Å². The first-order valence-electron chi connectivity index (χ1n) is 5.16. The first-order valence-corrected chi connectivity index (χ1v) is 6.56. The number of hydrogen-bond donors (Lipinski definition) is 2. The molecule has 0 heterocycles. The Kier molecular flexibility index (Phi) is 4.75. The van der Waals surface area contributed by atoms with Crippen LogP contribution < -0.4 is 5.32 Å². The molecule has 0 aromatic heterocycles. The summed E-state index contributed by atoms with van der Waals surface area (Å²) in [4.78, 5) is 11.0. The number of carboxylic acids is 1. The van der Waals surface area contributed by atoms with E-state index in [9.17, 15) is 4.79 Å². The fraction of sp³-hybridized carbons (Fsp3) is 0.900. The molecule has 1 rings (SSSR count). The minimum Gasteiger partial charge on any atom is -0.480 e. The summed E-state index contributed by atoms with van der Waals surface area (Å²) < 4.78 is 0. The van der Waals surface area contributed by atoms with Crippen molar-refractivity contribution in [2.24, 2.45) is 5.92 Å². The lowest BCUT2D eigenvalue weighted by molar-refractivity contribution is -0.140. The summed E-state index contributed by atoms with van der Waals surface area (Å²) in [5.74, 6) is 0.683. The van der Waals surface area contributed by atoms with E-state index in [1.165, 1.54) is 0 Å². The zero-order valence-corrected chi connectivity index (χ0v) is 9.64. The predicted octanol–water partition coefficient (Wildman–Crippen LogP) is 1.58. The molecule has 1 aliphatic carbocycles. The van der Waals surface area contributed by atoms with E-state index in [1.807, 2.05) is 0 Å². The summed E-state index contributed by atoms with van der Waals surface area (Å²) in [5.41, 5.74) is 0. The van der Waals surface area contributed by atoms with E-state index in [0.717, 1.165) is 25.0 Å². The van der Waals surface area contributed by atoms with E-state index < -0.39 is 5.97 Å². The molecule has 14 heavy (non-hydrogen) atoms. The maximum atomic E-state index is 11.0. The third kappa shape index (κ3) is 3.50. The van der Waals surface area contributed by atoms with Crippen LogP contribution in [0.3, 0.4) is 0 Å². The number of nitrogens with one attached hydrogen (secondary N) is 1. The van der Waals surface area contributed by atoms with Gasteiger partial charge in [0.15, 0.2) is 0 Å². The van der Waals surface area contributed by atoms with Crippen molar-refractivity contribution in [3.8, 4) is 0 Å². The number of aliphatic carboxylic acids is 1. The van der Waals surface area contributed by atoms with Crippen LogP contribution in [-0.4, -0.2) is 35.2 Å². The molecule has 2 N–H and O–H groups in total. The molecule has 0 amide bonds. The molecule has 0 aromatic rings. The van der Waals surface area contributed by atoms with Crippen LogP contribution in [0.15, 0.2) is 0 Å². The van der Waals surface area contributed by atoms with Gasteiger partial charge in [0.05, 0.1) is 0 Å². The van der Waals surface area contributed by atoms with Gasteiger partial charge in [0.1, 0.15) is 6.04 Å². The number of carbonyl (C=O) groups is 1. The molecule has 0 radical (unpaired) electrons. The molecular formula is C10H19NO2S. The van der Waals surface area contributed by atoms with Gasteiger partial charge < -0.3 is 10.4 Å². The third-order valence-corrected chi connectivity index (χ3v) is 3.37. The lowest BCUT2D eigenvalue weighted by Gasteiger charge is -2.21. The topological polar surface area (TPSA) is 49.3 Å². The van der Waals surface area contributed by atoms with E-state index in [-0.39, 0.29) is 6.04 Å². The molecule has 0 aromatic carbocycles. The highest BCUT2D eigenvalue weighted by Crippen LogP contribution is 2.33. The molecule has 1 aliphatic rings. The second-order valence-corrected chi connectivity index (χ2v) is 4.79. The van der Waals surface area contributed by atoms with Gasteiger partial charge in [-0.1, -0.05) is 6.92 Å². The SMILES string of the molecule is CCC(CSC)NC(C(=O)O)C1CC1. The van der Waals surface area contributed by atoms with Crippen molar-refractivity contribution in [2.45, 2.75) is 38.3 Å². The van der Waals surface area contributed by atoms with E-state index in [2.05, 4.69) is 18.5 Å².